The van der Waals surface area contributed by atoms with Crippen molar-refractivity contribution in [2.75, 3.05) is 0 Å². The molecule has 0 aliphatic carbocycles. The van der Waals surface area contributed by atoms with Crippen LogP contribution in [0.15, 0.2) is 4.47 Å². The number of rotatable bonds is 5. The van der Waals surface area contributed by atoms with Gasteiger partial charge >= 0.3 is 0 Å². The summed E-state index contributed by atoms with van der Waals surface area (Å²) in [6, 6.07) is 0. The second-order valence-corrected chi connectivity index (χ2v) is 7.87. The molecule has 17 heavy (non-hydrogen) atoms. The molecular formula is C13H22Br2N2. The third-order valence-electron chi connectivity index (χ3n) is 2.98. The second-order valence-electron chi connectivity index (χ2n) is 5.51. The van der Waals surface area contributed by atoms with Crippen LogP contribution >= 0.6 is 31.9 Å². The van der Waals surface area contributed by atoms with E-state index in [0.717, 1.165) is 25.0 Å². The summed E-state index contributed by atoms with van der Waals surface area (Å²) in [7, 11) is 2.03. The van der Waals surface area contributed by atoms with Crippen molar-refractivity contribution in [3.63, 3.8) is 0 Å². The van der Waals surface area contributed by atoms with Gasteiger partial charge < -0.3 is 0 Å². The molecule has 1 aromatic heterocycles. The van der Waals surface area contributed by atoms with Crippen molar-refractivity contribution >= 4 is 31.9 Å². The minimum atomic E-state index is 0.282. The number of aryl methyl sites for hydroxylation is 2. The lowest BCUT2D eigenvalue weighted by Crippen LogP contribution is -2.20. The van der Waals surface area contributed by atoms with Crippen LogP contribution in [0.25, 0.3) is 0 Å². The summed E-state index contributed by atoms with van der Waals surface area (Å²) in [6.45, 7) is 8.98. The van der Waals surface area contributed by atoms with Crippen molar-refractivity contribution in [3.05, 3.63) is 15.9 Å². The van der Waals surface area contributed by atoms with E-state index in [1.54, 1.807) is 0 Å². The van der Waals surface area contributed by atoms with Gasteiger partial charge in [0.1, 0.15) is 0 Å². The van der Waals surface area contributed by atoms with Gasteiger partial charge in [0.2, 0.25) is 0 Å². The molecule has 0 amide bonds. The average molecular weight is 366 g/mol. The Morgan fingerprint density at radius 1 is 1.41 bits per heavy atom. The van der Waals surface area contributed by atoms with E-state index in [-0.39, 0.29) is 5.41 Å². The highest BCUT2D eigenvalue weighted by Crippen LogP contribution is 2.33. The van der Waals surface area contributed by atoms with Crippen molar-refractivity contribution in [2.45, 2.75) is 51.8 Å². The molecule has 0 N–H and O–H groups in total. The van der Waals surface area contributed by atoms with Crippen LogP contribution < -0.4 is 0 Å². The summed E-state index contributed by atoms with van der Waals surface area (Å²) in [5.41, 5.74) is 2.75. The van der Waals surface area contributed by atoms with Crippen LogP contribution in [0.1, 0.15) is 45.5 Å². The minimum Gasteiger partial charge on any atom is -0.271 e. The molecule has 0 saturated heterocycles. The van der Waals surface area contributed by atoms with E-state index < -0.39 is 0 Å². The molecule has 0 saturated carbocycles. The number of aromatic nitrogens is 2. The Labute approximate surface area is 121 Å². The van der Waals surface area contributed by atoms with Crippen molar-refractivity contribution < 1.29 is 0 Å². The highest BCUT2D eigenvalue weighted by atomic mass is 79.9. The highest BCUT2D eigenvalue weighted by Gasteiger charge is 2.24. The van der Waals surface area contributed by atoms with Gasteiger partial charge in [-0.05, 0) is 40.6 Å². The zero-order valence-corrected chi connectivity index (χ0v) is 14.5. The number of alkyl halides is 1. The Morgan fingerprint density at radius 3 is 2.41 bits per heavy atom. The molecule has 1 aromatic rings. The third kappa shape index (κ3) is 4.09. The van der Waals surface area contributed by atoms with E-state index in [2.05, 4.69) is 64.7 Å². The lowest BCUT2D eigenvalue weighted by Gasteiger charge is -2.26. The number of halogens is 2. The van der Waals surface area contributed by atoms with Gasteiger partial charge in [0.15, 0.2) is 0 Å². The van der Waals surface area contributed by atoms with Gasteiger partial charge in [0.05, 0.1) is 15.9 Å². The monoisotopic (exact) mass is 364 g/mol. The highest BCUT2D eigenvalue weighted by molar-refractivity contribution is 9.10. The first-order valence-corrected chi connectivity index (χ1v) is 7.82. The van der Waals surface area contributed by atoms with Crippen molar-refractivity contribution in [1.82, 2.24) is 9.78 Å². The molecule has 1 atom stereocenters. The lowest BCUT2D eigenvalue weighted by atomic mass is 9.83. The summed E-state index contributed by atoms with van der Waals surface area (Å²) in [5, 5.41) is 4.55. The maximum atomic E-state index is 4.55. The molecule has 1 heterocycles. The summed E-state index contributed by atoms with van der Waals surface area (Å²) >= 11 is 7.33. The van der Waals surface area contributed by atoms with Crippen molar-refractivity contribution in [1.29, 1.82) is 0 Å². The normalized spacial score (nSPS) is 14.1. The van der Waals surface area contributed by atoms with Gasteiger partial charge in [-0.25, -0.2) is 0 Å². The molecule has 0 aromatic carbocycles. The Balaban J connectivity index is 2.91. The minimum absolute atomic E-state index is 0.282. The van der Waals surface area contributed by atoms with Gasteiger partial charge in [-0.2, -0.15) is 5.10 Å². The Kier molecular flexibility index (Phi) is 5.26. The van der Waals surface area contributed by atoms with Crippen LogP contribution in [0, 0.1) is 5.41 Å². The quantitative estimate of drug-likeness (QED) is 0.703. The van der Waals surface area contributed by atoms with E-state index in [9.17, 15) is 0 Å². The number of hydrogen-bond acceptors (Lipinski definition) is 1. The Hall–Kier alpha value is 0.170. The molecule has 98 valence electrons. The van der Waals surface area contributed by atoms with Crippen LogP contribution in [-0.2, 0) is 19.9 Å². The van der Waals surface area contributed by atoms with Crippen LogP contribution in [0.5, 0.6) is 0 Å². The van der Waals surface area contributed by atoms with E-state index >= 15 is 0 Å². The molecule has 1 unspecified atom stereocenters. The zero-order valence-electron chi connectivity index (χ0n) is 11.3. The van der Waals surface area contributed by atoms with Gasteiger partial charge in [0, 0.05) is 11.9 Å². The SMILES string of the molecule is CCc1nn(C)c(CC(C)(C)CC(C)Br)c1Br. The molecule has 0 fully saturated rings. The predicted molar refractivity (Wildman–Crippen MR) is 80.8 cm³/mol. The van der Waals surface area contributed by atoms with E-state index in [4.69, 9.17) is 0 Å². The van der Waals surface area contributed by atoms with E-state index in [1.807, 2.05) is 11.7 Å². The molecule has 4 heteroatoms. The standard InChI is InChI=1S/C13H22Br2N2/c1-6-10-12(15)11(17(5)16-10)8-13(3,4)7-9(2)14/h9H,6-8H2,1-5H3. The predicted octanol–water partition coefficient (Wildman–Crippen LogP) is 4.49. The summed E-state index contributed by atoms with van der Waals surface area (Å²) < 4.78 is 3.21. The fourth-order valence-corrected chi connectivity index (χ4v) is 3.93. The fraction of sp³-hybridized carbons (Fsp3) is 0.769. The molecule has 0 spiro atoms. The van der Waals surface area contributed by atoms with Gasteiger partial charge in [-0.15, -0.1) is 0 Å². The smallest absolute Gasteiger partial charge is 0.0766 e. The van der Waals surface area contributed by atoms with Crippen LogP contribution in [-0.4, -0.2) is 14.6 Å². The first kappa shape index (κ1) is 15.2. The summed E-state index contributed by atoms with van der Waals surface area (Å²) in [4.78, 5) is 0.551. The molecule has 1 rings (SSSR count). The summed E-state index contributed by atoms with van der Waals surface area (Å²) in [5.74, 6) is 0. The molecule has 0 aliphatic heterocycles. The van der Waals surface area contributed by atoms with Gasteiger partial charge in [-0.1, -0.05) is 43.6 Å². The molecular weight excluding hydrogens is 344 g/mol. The average Bonchev–Trinajstić information content (AvgIpc) is 2.42. The molecule has 2 nitrogen and oxygen atoms in total. The molecule has 0 aliphatic rings. The first-order valence-electron chi connectivity index (χ1n) is 6.11. The van der Waals surface area contributed by atoms with Gasteiger partial charge in [0.25, 0.3) is 0 Å². The summed E-state index contributed by atoms with van der Waals surface area (Å²) in [6.07, 6.45) is 3.18. The van der Waals surface area contributed by atoms with E-state index in [0.29, 0.717) is 4.83 Å². The second kappa shape index (κ2) is 5.87. The Morgan fingerprint density at radius 2 is 2.00 bits per heavy atom. The largest absolute Gasteiger partial charge is 0.271 e. The zero-order chi connectivity index (χ0) is 13.2. The third-order valence-corrected chi connectivity index (χ3v) is 4.22. The Bertz CT molecular complexity index is 381. The molecule has 0 bridgehead atoms. The van der Waals surface area contributed by atoms with Crippen LogP contribution in [0.2, 0.25) is 0 Å². The van der Waals surface area contributed by atoms with Crippen molar-refractivity contribution in [2.24, 2.45) is 12.5 Å². The van der Waals surface area contributed by atoms with Crippen LogP contribution in [0.3, 0.4) is 0 Å². The van der Waals surface area contributed by atoms with Crippen LogP contribution in [0.4, 0.5) is 0 Å². The maximum absolute atomic E-state index is 4.55. The number of hydrogen-bond donors (Lipinski definition) is 0. The fourth-order valence-electron chi connectivity index (χ4n) is 2.30. The number of nitrogens with zero attached hydrogens (tertiary/aromatic N) is 2. The van der Waals surface area contributed by atoms with Gasteiger partial charge in [-0.3, -0.25) is 4.68 Å². The van der Waals surface area contributed by atoms with Crippen molar-refractivity contribution in [3.8, 4) is 0 Å². The maximum Gasteiger partial charge on any atom is 0.0766 e. The lowest BCUT2D eigenvalue weighted by molar-refractivity contribution is 0.326. The topological polar surface area (TPSA) is 17.8 Å². The van der Waals surface area contributed by atoms with E-state index in [1.165, 1.54) is 10.2 Å². The molecule has 0 radical (unpaired) electrons. The first-order chi connectivity index (χ1) is 7.76.